The Labute approximate surface area is 142 Å². The standard InChI is InChI=1S/C17H26N2O5/c1-6-23-13-8-7-12(11-14(13)22-5)19-15(20)9-10-18-16(21)24-17(2,3)4/h7-8,11H,6,9-10H2,1-5H3,(H,18,21)(H,19,20). The number of methoxy groups -OCH3 is 1. The predicted molar refractivity (Wildman–Crippen MR) is 91.6 cm³/mol. The molecule has 7 heteroatoms. The quantitative estimate of drug-likeness (QED) is 0.798. The Morgan fingerprint density at radius 3 is 2.46 bits per heavy atom. The Kier molecular flexibility index (Phi) is 7.35. The van der Waals surface area contributed by atoms with Gasteiger partial charge >= 0.3 is 6.09 Å². The molecule has 0 spiro atoms. The zero-order valence-corrected chi connectivity index (χ0v) is 14.9. The van der Waals surface area contributed by atoms with Crippen LogP contribution in [0, 0.1) is 0 Å². The molecule has 0 unspecified atom stereocenters. The molecule has 0 aromatic heterocycles. The van der Waals surface area contributed by atoms with Gasteiger partial charge in [-0.3, -0.25) is 4.79 Å². The third-order valence-electron chi connectivity index (χ3n) is 2.77. The van der Waals surface area contributed by atoms with Gasteiger partial charge in [0.05, 0.1) is 13.7 Å². The number of anilines is 1. The maximum atomic E-state index is 11.9. The van der Waals surface area contributed by atoms with Crippen molar-refractivity contribution in [2.75, 3.05) is 25.6 Å². The number of carbonyl (C=O) groups excluding carboxylic acids is 2. The summed E-state index contributed by atoms with van der Waals surface area (Å²) in [6, 6.07) is 5.15. The largest absolute Gasteiger partial charge is 0.493 e. The number of hydrogen-bond donors (Lipinski definition) is 2. The summed E-state index contributed by atoms with van der Waals surface area (Å²) < 4.78 is 15.7. The smallest absolute Gasteiger partial charge is 0.407 e. The van der Waals surface area contributed by atoms with Crippen LogP contribution in [0.2, 0.25) is 0 Å². The normalized spacial score (nSPS) is 10.7. The highest BCUT2D eigenvalue weighted by atomic mass is 16.6. The Morgan fingerprint density at radius 1 is 1.17 bits per heavy atom. The van der Waals surface area contributed by atoms with Crippen LogP contribution in [-0.4, -0.2) is 37.9 Å². The fraction of sp³-hybridized carbons (Fsp3) is 0.529. The van der Waals surface area contributed by atoms with Crippen molar-refractivity contribution in [1.29, 1.82) is 0 Å². The second-order valence-corrected chi connectivity index (χ2v) is 6.03. The highest BCUT2D eigenvalue weighted by molar-refractivity contribution is 5.91. The molecule has 0 saturated heterocycles. The first-order valence-electron chi connectivity index (χ1n) is 7.82. The minimum absolute atomic E-state index is 0.134. The summed E-state index contributed by atoms with van der Waals surface area (Å²) in [5, 5.41) is 5.28. The lowest BCUT2D eigenvalue weighted by Crippen LogP contribution is -2.34. The third-order valence-corrected chi connectivity index (χ3v) is 2.77. The zero-order valence-electron chi connectivity index (χ0n) is 14.9. The molecule has 1 aromatic rings. The predicted octanol–water partition coefficient (Wildman–Crippen LogP) is 2.95. The van der Waals surface area contributed by atoms with E-state index in [9.17, 15) is 9.59 Å². The average Bonchev–Trinajstić information content (AvgIpc) is 2.47. The van der Waals surface area contributed by atoms with Crippen LogP contribution in [0.3, 0.4) is 0 Å². The summed E-state index contributed by atoms with van der Waals surface area (Å²) in [4.78, 5) is 23.4. The molecule has 2 amide bonds. The summed E-state index contributed by atoms with van der Waals surface area (Å²) >= 11 is 0. The zero-order chi connectivity index (χ0) is 18.2. The van der Waals surface area contributed by atoms with Crippen molar-refractivity contribution in [3.05, 3.63) is 18.2 Å². The van der Waals surface area contributed by atoms with E-state index in [0.717, 1.165) is 0 Å². The fourth-order valence-corrected chi connectivity index (χ4v) is 1.84. The summed E-state index contributed by atoms with van der Waals surface area (Å²) in [7, 11) is 1.54. The summed E-state index contributed by atoms with van der Waals surface area (Å²) in [6.07, 6.45) is -0.410. The summed E-state index contributed by atoms with van der Waals surface area (Å²) in [5.74, 6) is 0.934. The lowest BCUT2D eigenvalue weighted by molar-refractivity contribution is -0.116. The van der Waals surface area contributed by atoms with Crippen LogP contribution in [-0.2, 0) is 9.53 Å². The van der Waals surface area contributed by atoms with Gasteiger partial charge in [-0.05, 0) is 39.8 Å². The van der Waals surface area contributed by atoms with Crippen molar-refractivity contribution in [3.8, 4) is 11.5 Å². The Bertz CT molecular complexity index is 567. The van der Waals surface area contributed by atoms with Gasteiger partial charge in [0.25, 0.3) is 0 Å². The Morgan fingerprint density at radius 2 is 1.88 bits per heavy atom. The van der Waals surface area contributed by atoms with E-state index in [1.807, 2.05) is 6.92 Å². The molecule has 0 radical (unpaired) electrons. The third kappa shape index (κ3) is 7.21. The first-order valence-corrected chi connectivity index (χ1v) is 7.82. The molecule has 0 bridgehead atoms. The fourth-order valence-electron chi connectivity index (χ4n) is 1.84. The SMILES string of the molecule is CCOc1ccc(NC(=O)CCNC(=O)OC(C)(C)C)cc1OC. The van der Waals surface area contributed by atoms with Crippen molar-refractivity contribution < 1.29 is 23.8 Å². The maximum Gasteiger partial charge on any atom is 0.407 e. The number of hydrogen-bond acceptors (Lipinski definition) is 5. The lowest BCUT2D eigenvalue weighted by atomic mass is 10.2. The van der Waals surface area contributed by atoms with Crippen LogP contribution in [0.25, 0.3) is 0 Å². The minimum atomic E-state index is -0.564. The highest BCUT2D eigenvalue weighted by Crippen LogP contribution is 2.30. The van der Waals surface area contributed by atoms with Crippen LogP contribution < -0.4 is 20.1 Å². The second-order valence-electron chi connectivity index (χ2n) is 6.03. The molecule has 0 aliphatic heterocycles. The molecule has 7 nitrogen and oxygen atoms in total. The molecular formula is C17H26N2O5. The molecule has 2 N–H and O–H groups in total. The minimum Gasteiger partial charge on any atom is -0.493 e. The maximum absolute atomic E-state index is 11.9. The Balaban J connectivity index is 2.46. The second kappa shape index (κ2) is 9.00. The Hall–Kier alpha value is -2.44. The van der Waals surface area contributed by atoms with Gasteiger partial charge in [0.1, 0.15) is 5.60 Å². The van der Waals surface area contributed by atoms with Crippen LogP contribution in [0.1, 0.15) is 34.1 Å². The molecule has 0 saturated carbocycles. The van der Waals surface area contributed by atoms with Crippen molar-refractivity contribution in [2.24, 2.45) is 0 Å². The number of amides is 2. The molecule has 0 aliphatic rings. The number of carbonyl (C=O) groups is 2. The number of rotatable bonds is 7. The van der Waals surface area contributed by atoms with E-state index >= 15 is 0 Å². The molecule has 0 atom stereocenters. The van der Waals surface area contributed by atoms with Crippen molar-refractivity contribution in [3.63, 3.8) is 0 Å². The van der Waals surface area contributed by atoms with Crippen LogP contribution in [0.15, 0.2) is 18.2 Å². The van der Waals surface area contributed by atoms with E-state index in [0.29, 0.717) is 23.8 Å². The van der Waals surface area contributed by atoms with Crippen LogP contribution >= 0.6 is 0 Å². The van der Waals surface area contributed by atoms with E-state index in [1.54, 1.807) is 39.0 Å². The summed E-state index contributed by atoms with van der Waals surface area (Å²) in [6.45, 7) is 7.93. The molecule has 0 fully saturated rings. The molecular weight excluding hydrogens is 312 g/mol. The van der Waals surface area contributed by atoms with E-state index < -0.39 is 11.7 Å². The topological polar surface area (TPSA) is 85.9 Å². The molecule has 134 valence electrons. The van der Waals surface area contributed by atoms with Gasteiger partial charge in [-0.15, -0.1) is 0 Å². The number of ether oxygens (including phenoxy) is 3. The first-order chi connectivity index (χ1) is 11.2. The average molecular weight is 338 g/mol. The highest BCUT2D eigenvalue weighted by Gasteiger charge is 2.16. The van der Waals surface area contributed by atoms with Gasteiger partial charge in [0.15, 0.2) is 11.5 Å². The van der Waals surface area contributed by atoms with E-state index in [2.05, 4.69) is 10.6 Å². The van der Waals surface area contributed by atoms with E-state index in [4.69, 9.17) is 14.2 Å². The van der Waals surface area contributed by atoms with Gasteiger partial charge < -0.3 is 24.8 Å². The van der Waals surface area contributed by atoms with Gasteiger partial charge in [-0.1, -0.05) is 0 Å². The number of benzene rings is 1. The van der Waals surface area contributed by atoms with Gasteiger partial charge in [-0.2, -0.15) is 0 Å². The van der Waals surface area contributed by atoms with Crippen LogP contribution in [0.5, 0.6) is 11.5 Å². The van der Waals surface area contributed by atoms with Gasteiger partial charge in [-0.25, -0.2) is 4.79 Å². The van der Waals surface area contributed by atoms with Gasteiger partial charge in [0, 0.05) is 24.7 Å². The number of nitrogens with one attached hydrogen (secondary N) is 2. The first kappa shape index (κ1) is 19.6. The van der Waals surface area contributed by atoms with Crippen molar-refractivity contribution in [1.82, 2.24) is 5.32 Å². The molecule has 1 rings (SSSR count). The van der Waals surface area contributed by atoms with E-state index in [1.165, 1.54) is 7.11 Å². The number of alkyl carbamates (subject to hydrolysis) is 1. The van der Waals surface area contributed by atoms with Crippen molar-refractivity contribution >= 4 is 17.7 Å². The molecule has 24 heavy (non-hydrogen) atoms. The molecule has 1 aromatic carbocycles. The molecule has 0 heterocycles. The van der Waals surface area contributed by atoms with Crippen LogP contribution in [0.4, 0.5) is 10.5 Å². The molecule has 0 aliphatic carbocycles. The van der Waals surface area contributed by atoms with E-state index in [-0.39, 0.29) is 18.9 Å². The summed E-state index contributed by atoms with van der Waals surface area (Å²) in [5.41, 5.74) is 0.0307. The lowest BCUT2D eigenvalue weighted by Gasteiger charge is -2.19. The van der Waals surface area contributed by atoms with Crippen molar-refractivity contribution in [2.45, 2.75) is 39.7 Å². The van der Waals surface area contributed by atoms with Gasteiger partial charge in [0.2, 0.25) is 5.91 Å². The monoisotopic (exact) mass is 338 g/mol.